The Kier molecular flexibility index (Phi) is 4.58. The molecule has 3 rings (SSSR count). The number of rotatable bonds is 6. The number of carbonyl (C=O) groups is 2. The second-order valence-electron chi connectivity index (χ2n) is 5.02. The van der Waals surface area contributed by atoms with Gasteiger partial charge < -0.3 is 10.1 Å². The Hall–Kier alpha value is -1.67. The molecule has 1 saturated carbocycles. The third-order valence-corrected chi connectivity index (χ3v) is 4.95. The fourth-order valence-electron chi connectivity index (χ4n) is 1.84. The number of carbonyl (C=O) groups excluding carboxylic acids is 2. The van der Waals surface area contributed by atoms with Crippen molar-refractivity contribution in [3.05, 3.63) is 17.8 Å². The van der Waals surface area contributed by atoms with E-state index in [1.807, 2.05) is 11.4 Å². The van der Waals surface area contributed by atoms with Gasteiger partial charge in [0.05, 0.1) is 5.75 Å². The van der Waals surface area contributed by atoms with E-state index in [0.29, 0.717) is 0 Å². The first-order valence-electron chi connectivity index (χ1n) is 6.94. The van der Waals surface area contributed by atoms with Crippen molar-refractivity contribution in [3.8, 4) is 0 Å². The zero-order chi connectivity index (χ0) is 15.5. The number of thioether (sulfide) groups is 1. The molecule has 0 bridgehead atoms. The third-order valence-electron chi connectivity index (χ3n) is 3.15. The molecule has 2 aromatic heterocycles. The summed E-state index contributed by atoms with van der Waals surface area (Å²) in [5.74, 6) is -0.545. The Morgan fingerprint density at radius 3 is 3.09 bits per heavy atom. The van der Waals surface area contributed by atoms with Crippen molar-refractivity contribution < 1.29 is 14.3 Å². The standard InChI is InChI=1S/C14H15N3O3S2/c1-8(12(19)17-9-2-3-9)20-11(18)6-22-14-10-4-5-21-13(10)15-7-16-14/h4-5,7-9H,2-3,6H2,1H3,(H,17,19)/t8-/m1/s1. The molecule has 0 aromatic carbocycles. The number of thiophene rings is 1. The molecule has 1 aliphatic rings. The SMILES string of the molecule is C[C@@H](OC(=O)CSc1ncnc2sccc12)C(=O)NC1CC1. The van der Waals surface area contributed by atoms with E-state index >= 15 is 0 Å². The van der Waals surface area contributed by atoms with E-state index in [1.165, 1.54) is 29.4 Å². The van der Waals surface area contributed by atoms with Gasteiger partial charge in [0, 0.05) is 11.4 Å². The average molecular weight is 337 g/mol. The van der Waals surface area contributed by atoms with Crippen LogP contribution in [-0.2, 0) is 14.3 Å². The first kappa shape index (κ1) is 15.2. The number of amides is 1. The molecule has 0 radical (unpaired) electrons. The van der Waals surface area contributed by atoms with Crippen molar-refractivity contribution in [1.82, 2.24) is 15.3 Å². The van der Waals surface area contributed by atoms with E-state index < -0.39 is 12.1 Å². The van der Waals surface area contributed by atoms with Gasteiger partial charge in [-0.15, -0.1) is 11.3 Å². The first-order valence-corrected chi connectivity index (χ1v) is 8.81. The van der Waals surface area contributed by atoms with Crippen LogP contribution < -0.4 is 5.32 Å². The minimum absolute atomic E-state index is 0.114. The summed E-state index contributed by atoms with van der Waals surface area (Å²) in [6.45, 7) is 1.59. The second-order valence-corrected chi connectivity index (χ2v) is 6.88. The van der Waals surface area contributed by atoms with E-state index in [2.05, 4.69) is 15.3 Å². The van der Waals surface area contributed by atoms with Crippen molar-refractivity contribution in [3.63, 3.8) is 0 Å². The average Bonchev–Trinajstić information content (AvgIpc) is 3.17. The van der Waals surface area contributed by atoms with Gasteiger partial charge in [-0.2, -0.15) is 0 Å². The van der Waals surface area contributed by atoms with E-state index in [9.17, 15) is 9.59 Å². The van der Waals surface area contributed by atoms with Gasteiger partial charge in [-0.25, -0.2) is 9.97 Å². The van der Waals surface area contributed by atoms with Crippen LogP contribution in [0, 0.1) is 0 Å². The highest BCUT2D eigenvalue weighted by Crippen LogP contribution is 2.27. The number of ether oxygens (including phenoxy) is 1. The Bertz CT molecular complexity index is 699. The lowest BCUT2D eigenvalue weighted by Crippen LogP contribution is -2.37. The van der Waals surface area contributed by atoms with Gasteiger partial charge >= 0.3 is 5.97 Å². The minimum Gasteiger partial charge on any atom is -0.452 e. The number of hydrogen-bond acceptors (Lipinski definition) is 7. The Morgan fingerprint density at radius 2 is 2.32 bits per heavy atom. The highest BCUT2D eigenvalue weighted by atomic mass is 32.2. The van der Waals surface area contributed by atoms with Crippen molar-refractivity contribution in [2.24, 2.45) is 0 Å². The Balaban J connectivity index is 1.51. The summed E-state index contributed by atoms with van der Waals surface area (Å²) >= 11 is 2.82. The second kappa shape index (κ2) is 6.62. The summed E-state index contributed by atoms with van der Waals surface area (Å²) in [4.78, 5) is 32.8. The van der Waals surface area contributed by atoms with Gasteiger partial charge in [-0.05, 0) is 31.2 Å². The summed E-state index contributed by atoms with van der Waals surface area (Å²) in [5, 5.41) is 6.43. The van der Waals surface area contributed by atoms with Crippen LogP contribution in [0.1, 0.15) is 19.8 Å². The summed E-state index contributed by atoms with van der Waals surface area (Å²) in [6, 6.07) is 2.19. The van der Waals surface area contributed by atoms with E-state index in [1.54, 1.807) is 6.92 Å². The molecule has 116 valence electrons. The van der Waals surface area contributed by atoms with E-state index in [-0.39, 0.29) is 17.7 Å². The van der Waals surface area contributed by atoms with Crippen LogP contribution in [-0.4, -0.2) is 39.7 Å². The molecule has 1 N–H and O–H groups in total. The molecule has 0 saturated heterocycles. The van der Waals surface area contributed by atoms with Gasteiger partial charge in [-0.3, -0.25) is 9.59 Å². The minimum atomic E-state index is -0.764. The van der Waals surface area contributed by atoms with Crippen molar-refractivity contribution in [2.75, 3.05) is 5.75 Å². The highest BCUT2D eigenvalue weighted by molar-refractivity contribution is 8.00. The highest BCUT2D eigenvalue weighted by Gasteiger charge is 2.27. The first-order chi connectivity index (χ1) is 10.6. The Labute approximate surface area is 135 Å². The van der Waals surface area contributed by atoms with Gasteiger partial charge in [0.15, 0.2) is 6.10 Å². The van der Waals surface area contributed by atoms with Gasteiger partial charge in [0.1, 0.15) is 16.2 Å². The molecule has 0 unspecified atom stereocenters. The monoisotopic (exact) mass is 337 g/mol. The fourth-order valence-corrected chi connectivity index (χ4v) is 3.40. The number of nitrogens with one attached hydrogen (secondary N) is 1. The van der Waals surface area contributed by atoms with Gasteiger partial charge in [0.25, 0.3) is 5.91 Å². The van der Waals surface area contributed by atoms with Crippen LogP contribution in [0.3, 0.4) is 0 Å². The summed E-state index contributed by atoms with van der Waals surface area (Å²) in [6.07, 6.45) is 2.73. The normalized spacial score (nSPS) is 15.5. The quantitative estimate of drug-likeness (QED) is 0.493. The third kappa shape index (κ3) is 3.75. The van der Waals surface area contributed by atoms with E-state index in [4.69, 9.17) is 4.74 Å². The van der Waals surface area contributed by atoms with Gasteiger partial charge in [0.2, 0.25) is 0 Å². The molecule has 22 heavy (non-hydrogen) atoms. The summed E-state index contributed by atoms with van der Waals surface area (Å²) in [7, 11) is 0. The molecule has 1 aliphatic carbocycles. The fraction of sp³-hybridized carbons (Fsp3) is 0.429. The van der Waals surface area contributed by atoms with Crippen molar-refractivity contribution in [1.29, 1.82) is 0 Å². The largest absolute Gasteiger partial charge is 0.452 e. The molecule has 2 heterocycles. The Morgan fingerprint density at radius 1 is 1.50 bits per heavy atom. The number of esters is 1. The topological polar surface area (TPSA) is 81.2 Å². The molecule has 0 aliphatic heterocycles. The summed E-state index contributed by atoms with van der Waals surface area (Å²) in [5.41, 5.74) is 0. The van der Waals surface area contributed by atoms with Crippen LogP contribution in [0.2, 0.25) is 0 Å². The maximum absolute atomic E-state index is 11.8. The molecular weight excluding hydrogens is 322 g/mol. The molecule has 6 nitrogen and oxygen atoms in total. The zero-order valence-electron chi connectivity index (χ0n) is 11.9. The van der Waals surface area contributed by atoms with Crippen molar-refractivity contribution >= 4 is 45.2 Å². The van der Waals surface area contributed by atoms with Crippen LogP contribution in [0.25, 0.3) is 10.2 Å². The number of hydrogen-bond donors (Lipinski definition) is 1. The molecule has 8 heteroatoms. The van der Waals surface area contributed by atoms with E-state index in [0.717, 1.165) is 28.1 Å². The lowest BCUT2D eigenvalue weighted by Gasteiger charge is -2.12. The van der Waals surface area contributed by atoms with Crippen LogP contribution in [0.15, 0.2) is 22.8 Å². The molecule has 1 amide bonds. The molecular formula is C14H15N3O3S2. The number of nitrogens with zero attached hydrogens (tertiary/aromatic N) is 2. The van der Waals surface area contributed by atoms with Crippen molar-refractivity contribution in [2.45, 2.75) is 36.9 Å². The van der Waals surface area contributed by atoms with Crippen LogP contribution >= 0.6 is 23.1 Å². The lowest BCUT2D eigenvalue weighted by molar-refractivity contribution is -0.152. The number of aromatic nitrogens is 2. The maximum Gasteiger partial charge on any atom is 0.317 e. The molecule has 2 aromatic rings. The maximum atomic E-state index is 11.8. The molecule has 1 atom stereocenters. The predicted molar refractivity (Wildman–Crippen MR) is 84.9 cm³/mol. The van der Waals surface area contributed by atoms with Crippen LogP contribution in [0.4, 0.5) is 0 Å². The van der Waals surface area contributed by atoms with Gasteiger partial charge in [-0.1, -0.05) is 11.8 Å². The smallest absolute Gasteiger partial charge is 0.317 e. The number of fused-ring (bicyclic) bond motifs is 1. The summed E-state index contributed by atoms with van der Waals surface area (Å²) < 4.78 is 5.14. The lowest BCUT2D eigenvalue weighted by atomic mass is 10.3. The van der Waals surface area contributed by atoms with Crippen LogP contribution in [0.5, 0.6) is 0 Å². The molecule has 0 spiro atoms. The predicted octanol–water partition coefficient (Wildman–Crippen LogP) is 1.99. The zero-order valence-corrected chi connectivity index (χ0v) is 13.6. The molecule has 1 fully saturated rings.